The van der Waals surface area contributed by atoms with Crippen molar-refractivity contribution < 1.29 is 0 Å². The van der Waals surface area contributed by atoms with Crippen LogP contribution in [0.1, 0.15) is 30.9 Å². The quantitative estimate of drug-likeness (QED) is 0.678. The summed E-state index contributed by atoms with van der Waals surface area (Å²) in [6.45, 7) is 6.55. The molecule has 0 saturated heterocycles. The van der Waals surface area contributed by atoms with E-state index >= 15 is 0 Å². The van der Waals surface area contributed by atoms with Crippen LogP contribution in [-0.2, 0) is 0 Å². The summed E-state index contributed by atoms with van der Waals surface area (Å²) in [7, 11) is 0. The van der Waals surface area contributed by atoms with Gasteiger partial charge in [-0.05, 0) is 42.7 Å². The maximum Gasteiger partial charge on any atom is 0.137 e. The Labute approximate surface area is 123 Å². The van der Waals surface area contributed by atoms with Crippen LogP contribution in [0, 0.1) is 6.92 Å². The van der Waals surface area contributed by atoms with Gasteiger partial charge in [0.15, 0.2) is 0 Å². The fourth-order valence-electron chi connectivity index (χ4n) is 2.15. The van der Waals surface area contributed by atoms with E-state index in [1.807, 2.05) is 12.4 Å². The molecule has 0 aliphatic carbocycles. The fraction of sp³-hybridized carbons (Fsp3) is 0.235. The van der Waals surface area contributed by atoms with Gasteiger partial charge in [-0.3, -0.25) is 4.40 Å². The predicted octanol–water partition coefficient (Wildman–Crippen LogP) is 4.92. The van der Waals surface area contributed by atoms with Crippen LogP contribution >= 0.6 is 11.8 Å². The molecule has 1 aromatic carbocycles. The summed E-state index contributed by atoms with van der Waals surface area (Å²) in [6.07, 6.45) is 3.88. The molecule has 0 aliphatic heterocycles. The summed E-state index contributed by atoms with van der Waals surface area (Å²) in [5.41, 5.74) is 3.64. The summed E-state index contributed by atoms with van der Waals surface area (Å²) in [4.78, 5) is 5.68. The number of aryl methyl sites for hydroxylation is 1. The second-order valence-electron chi connectivity index (χ2n) is 5.35. The number of pyridine rings is 1. The summed E-state index contributed by atoms with van der Waals surface area (Å²) >= 11 is 1.78. The van der Waals surface area contributed by atoms with E-state index in [1.165, 1.54) is 21.0 Å². The molecule has 20 heavy (non-hydrogen) atoms. The van der Waals surface area contributed by atoms with Crippen molar-refractivity contribution in [1.82, 2.24) is 9.38 Å². The van der Waals surface area contributed by atoms with Crippen LogP contribution < -0.4 is 0 Å². The van der Waals surface area contributed by atoms with Crippen LogP contribution in [-0.4, -0.2) is 9.38 Å². The molecule has 0 saturated carbocycles. The zero-order chi connectivity index (χ0) is 14.1. The second-order valence-corrected chi connectivity index (χ2v) is 6.45. The summed E-state index contributed by atoms with van der Waals surface area (Å²) in [6, 6.07) is 13.1. The molecule has 0 fully saturated rings. The first-order valence-electron chi connectivity index (χ1n) is 6.85. The van der Waals surface area contributed by atoms with E-state index < -0.39 is 0 Å². The molecule has 0 bridgehead atoms. The summed E-state index contributed by atoms with van der Waals surface area (Å²) < 4.78 is 2.15. The Morgan fingerprint density at radius 3 is 2.55 bits per heavy atom. The SMILES string of the molecule is Cc1ccc(Sc2cc(C(C)C)cc3nccn23)cc1. The Kier molecular flexibility index (Phi) is 3.53. The Morgan fingerprint density at radius 2 is 1.85 bits per heavy atom. The van der Waals surface area contributed by atoms with Crippen molar-refractivity contribution in [1.29, 1.82) is 0 Å². The van der Waals surface area contributed by atoms with Gasteiger partial charge in [0.2, 0.25) is 0 Å². The molecule has 0 unspecified atom stereocenters. The van der Waals surface area contributed by atoms with Gasteiger partial charge in [0.1, 0.15) is 5.65 Å². The van der Waals surface area contributed by atoms with Gasteiger partial charge in [-0.15, -0.1) is 0 Å². The molecule has 3 aromatic rings. The topological polar surface area (TPSA) is 17.3 Å². The molecule has 0 atom stereocenters. The van der Waals surface area contributed by atoms with Gasteiger partial charge in [0.25, 0.3) is 0 Å². The lowest BCUT2D eigenvalue weighted by atomic mass is 10.1. The molecular formula is C17H18N2S. The van der Waals surface area contributed by atoms with E-state index in [0.29, 0.717) is 5.92 Å². The van der Waals surface area contributed by atoms with Gasteiger partial charge in [0.05, 0.1) is 5.03 Å². The minimum atomic E-state index is 0.508. The van der Waals surface area contributed by atoms with Crippen LogP contribution in [0.4, 0.5) is 0 Å². The number of fused-ring (bicyclic) bond motifs is 1. The van der Waals surface area contributed by atoms with E-state index in [0.717, 1.165) is 5.65 Å². The zero-order valence-electron chi connectivity index (χ0n) is 12.0. The number of imidazole rings is 1. The van der Waals surface area contributed by atoms with E-state index in [1.54, 1.807) is 11.8 Å². The predicted molar refractivity (Wildman–Crippen MR) is 84.6 cm³/mol. The molecule has 2 heterocycles. The number of benzene rings is 1. The monoisotopic (exact) mass is 282 g/mol. The van der Waals surface area contributed by atoms with Gasteiger partial charge in [-0.25, -0.2) is 4.98 Å². The molecule has 102 valence electrons. The molecule has 3 rings (SSSR count). The normalized spacial score (nSPS) is 11.4. The molecule has 0 radical (unpaired) electrons. The number of nitrogens with zero attached hydrogens (tertiary/aromatic N) is 2. The van der Waals surface area contributed by atoms with E-state index in [9.17, 15) is 0 Å². The highest BCUT2D eigenvalue weighted by Gasteiger charge is 2.08. The molecule has 0 amide bonds. The third-order valence-corrected chi connectivity index (χ3v) is 4.43. The standard InChI is InChI=1S/C17H18N2S/c1-12(2)14-10-16-18-8-9-19(16)17(11-14)20-15-6-4-13(3)5-7-15/h4-12H,1-3H3. The Bertz CT molecular complexity index is 726. The molecule has 0 aliphatic rings. The lowest BCUT2D eigenvalue weighted by Gasteiger charge is -2.11. The lowest BCUT2D eigenvalue weighted by molar-refractivity contribution is 0.848. The van der Waals surface area contributed by atoms with Crippen LogP contribution in [0.2, 0.25) is 0 Å². The van der Waals surface area contributed by atoms with Gasteiger partial charge in [-0.2, -0.15) is 0 Å². The smallest absolute Gasteiger partial charge is 0.137 e. The van der Waals surface area contributed by atoms with Crippen LogP contribution in [0.15, 0.2) is 58.7 Å². The Balaban J connectivity index is 2.05. The fourth-order valence-corrected chi connectivity index (χ4v) is 3.11. The molecule has 2 aromatic heterocycles. The Hall–Kier alpha value is -1.74. The molecule has 0 N–H and O–H groups in total. The third-order valence-electron chi connectivity index (χ3n) is 3.40. The van der Waals surface area contributed by atoms with Crippen molar-refractivity contribution in [2.45, 2.75) is 36.6 Å². The highest BCUT2D eigenvalue weighted by Crippen LogP contribution is 2.31. The van der Waals surface area contributed by atoms with Crippen molar-refractivity contribution in [2.24, 2.45) is 0 Å². The van der Waals surface area contributed by atoms with Crippen molar-refractivity contribution in [2.75, 3.05) is 0 Å². The van der Waals surface area contributed by atoms with E-state index in [4.69, 9.17) is 0 Å². The van der Waals surface area contributed by atoms with Crippen LogP contribution in [0.5, 0.6) is 0 Å². The maximum absolute atomic E-state index is 4.43. The first-order chi connectivity index (χ1) is 9.63. The number of hydrogen-bond acceptors (Lipinski definition) is 2. The average molecular weight is 282 g/mol. The van der Waals surface area contributed by atoms with Gasteiger partial charge < -0.3 is 0 Å². The number of hydrogen-bond donors (Lipinski definition) is 0. The number of aromatic nitrogens is 2. The van der Waals surface area contributed by atoms with E-state index in [2.05, 4.69) is 66.6 Å². The molecular weight excluding hydrogens is 264 g/mol. The van der Waals surface area contributed by atoms with Crippen LogP contribution in [0.3, 0.4) is 0 Å². The van der Waals surface area contributed by atoms with Crippen molar-refractivity contribution >= 4 is 17.4 Å². The maximum atomic E-state index is 4.43. The highest BCUT2D eigenvalue weighted by atomic mass is 32.2. The van der Waals surface area contributed by atoms with Gasteiger partial charge >= 0.3 is 0 Å². The first kappa shape index (κ1) is 13.3. The van der Waals surface area contributed by atoms with Gasteiger partial charge in [-0.1, -0.05) is 43.3 Å². The highest BCUT2D eigenvalue weighted by molar-refractivity contribution is 7.99. The zero-order valence-corrected chi connectivity index (χ0v) is 12.8. The molecule has 0 spiro atoms. The minimum absolute atomic E-state index is 0.508. The second kappa shape index (κ2) is 5.33. The molecule has 3 heteroatoms. The van der Waals surface area contributed by atoms with Crippen LogP contribution in [0.25, 0.3) is 5.65 Å². The minimum Gasteiger partial charge on any atom is -0.294 e. The average Bonchev–Trinajstić information content (AvgIpc) is 2.89. The Morgan fingerprint density at radius 1 is 1.10 bits per heavy atom. The van der Waals surface area contributed by atoms with Crippen molar-refractivity contribution in [3.63, 3.8) is 0 Å². The van der Waals surface area contributed by atoms with E-state index in [-0.39, 0.29) is 0 Å². The third kappa shape index (κ3) is 2.59. The molecule has 2 nitrogen and oxygen atoms in total. The lowest BCUT2D eigenvalue weighted by Crippen LogP contribution is -1.95. The largest absolute Gasteiger partial charge is 0.294 e. The summed E-state index contributed by atoms with van der Waals surface area (Å²) in [5.74, 6) is 0.508. The van der Waals surface area contributed by atoms with Crippen molar-refractivity contribution in [3.05, 3.63) is 59.9 Å². The van der Waals surface area contributed by atoms with Gasteiger partial charge in [0, 0.05) is 17.3 Å². The first-order valence-corrected chi connectivity index (χ1v) is 7.66. The van der Waals surface area contributed by atoms with Crippen molar-refractivity contribution in [3.8, 4) is 0 Å². The number of rotatable bonds is 3. The summed E-state index contributed by atoms with van der Waals surface area (Å²) in [5, 5.41) is 1.22.